The summed E-state index contributed by atoms with van der Waals surface area (Å²) in [5.41, 5.74) is 6.99. The summed E-state index contributed by atoms with van der Waals surface area (Å²) in [6, 6.07) is 3.68. The van der Waals surface area contributed by atoms with E-state index in [0.29, 0.717) is 27.8 Å². The van der Waals surface area contributed by atoms with Crippen molar-refractivity contribution in [1.29, 1.82) is 0 Å². The molecule has 0 aliphatic carbocycles. The van der Waals surface area contributed by atoms with Crippen LogP contribution in [0.2, 0.25) is 0 Å². The number of nitrogens with one attached hydrogen (secondary N) is 1. The average Bonchev–Trinajstić information content (AvgIpc) is 3.01. The molecule has 20 heavy (non-hydrogen) atoms. The number of carbonyl (C=O) groups is 1. The van der Waals surface area contributed by atoms with Crippen LogP contribution in [0.5, 0.6) is 0 Å². The van der Waals surface area contributed by atoms with Crippen molar-refractivity contribution in [3.63, 3.8) is 0 Å². The number of nitrogens with two attached hydrogens (primary N) is 1. The van der Waals surface area contributed by atoms with Crippen LogP contribution in [0.3, 0.4) is 0 Å². The van der Waals surface area contributed by atoms with Gasteiger partial charge in [0, 0.05) is 6.20 Å². The molecule has 7 nitrogen and oxygen atoms in total. The number of hydrogen-bond acceptors (Lipinski definition) is 7. The van der Waals surface area contributed by atoms with Crippen LogP contribution in [-0.4, -0.2) is 21.0 Å². The van der Waals surface area contributed by atoms with E-state index in [1.807, 2.05) is 6.07 Å². The van der Waals surface area contributed by atoms with Crippen molar-refractivity contribution in [3.05, 3.63) is 34.9 Å². The summed E-state index contributed by atoms with van der Waals surface area (Å²) < 4.78 is 5.80. The molecule has 3 aromatic heterocycles. The Bertz CT molecular complexity index is 779. The number of nitrogens with zero attached hydrogens (tertiary/aromatic N) is 3. The first-order chi connectivity index (χ1) is 9.65. The molecule has 0 fully saturated rings. The third kappa shape index (κ3) is 2.21. The first-order valence-electron chi connectivity index (χ1n) is 5.85. The third-order valence-corrected chi connectivity index (χ3v) is 3.82. The van der Waals surface area contributed by atoms with Crippen molar-refractivity contribution >= 4 is 33.1 Å². The number of nitrogen functional groups attached to an aromatic ring is 1. The van der Waals surface area contributed by atoms with Crippen LogP contribution in [0.1, 0.15) is 21.4 Å². The third-order valence-electron chi connectivity index (χ3n) is 2.66. The zero-order valence-corrected chi connectivity index (χ0v) is 11.4. The highest BCUT2D eigenvalue weighted by molar-refractivity contribution is 7.21. The lowest BCUT2D eigenvalue weighted by molar-refractivity contribution is 0.0951. The van der Waals surface area contributed by atoms with Crippen LogP contribution >= 0.6 is 11.3 Å². The van der Waals surface area contributed by atoms with E-state index < -0.39 is 0 Å². The van der Waals surface area contributed by atoms with Crippen molar-refractivity contribution in [1.82, 2.24) is 20.4 Å². The van der Waals surface area contributed by atoms with E-state index in [4.69, 9.17) is 10.3 Å². The summed E-state index contributed by atoms with van der Waals surface area (Å²) in [5, 5.41) is 6.35. The Morgan fingerprint density at radius 2 is 2.40 bits per heavy atom. The molecule has 3 N–H and O–H groups in total. The van der Waals surface area contributed by atoms with E-state index in [1.54, 1.807) is 19.2 Å². The number of carbonyl (C=O) groups excluding carboxylic acids is 1. The highest BCUT2D eigenvalue weighted by Crippen LogP contribution is 2.31. The molecule has 0 atom stereocenters. The van der Waals surface area contributed by atoms with Gasteiger partial charge in [-0.3, -0.25) is 9.78 Å². The number of fused-ring (bicyclic) bond motifs is 1. The van der Waals surface area contributed by atoms with Crippen LogP contribution < -0.4 is 11.1 Å². The Labute approximate surface area is 117 Å². The Kier molecular flexibility index (Phi) is 3.07. The maximum absolute atomic E-state index is 12.1. The molecule has 0 aliphatic heterocycles. The van der Waals surface area contributed by atoms with Crippen molar-refractivity contribution in [2.24, 2.45) is 0 Å². The molecule has 3 aromatic rings. The maximum atomic E-state index is 12.1. The molecule has 0 bridgehead atoms. The summed E-state index contributed by atoms with van der Waals surface area (Å²) in [6.07, 6.45) is 1.65. The standard InChI is InChI=1S/C12H11N5O2S/c1-6-16-8(19-17-6)5-15-12(18)11-9(13)10-7(20-11)3-2-4-14-10/h2-4H,5,13H2,1H3,(H,15,18). The second-order valence-electron chi connectivity index (χ2n) is 4.11. The topological polar surface area (TPSA) is 107 Å². The highest BCUT2D eigenvalue weighted by Gasteiger charge is 2.17. The van der Waals surface area contributed by atoms with E-state index >= 15 is 0 Å². The molecular formula is C12H11N5O2S. The molecule has 3 rings (SSSR count). The Morgan fingerprint density at radius 1 is 1.55 bits per heavy atom. The van der Waals surface area contributed by atoms with Crippen molar-refractivity contribution in [3.8, 4) is 0 Å². The number of anilines is 1. The van der Waals surface area contributed by atoms with Crippen molar-refractivity contribution < 1.29 is 9.32 Å². The quantitative estimate of drug-likeness (QED) is 0.756. The van der Waals surface area contributed by atoms with E-state index in [2.05, 4.69) is 20.4 Å². The van der Waals surface area contributed by atoms with Crippen LogP contribution in [0.15, 0.2) is 22.9 Å². The lowest BCUT2D eigenvalue weighted by Crippen LogP contribution is -2.22. The molecule has 0 spiro atoms. The van der Waals surface area contributed by atoms with Gasteiger partial charge in [-0.2, -0.15) is 4.98 Å². The van der Waals surface area contributed by atoms with Gasteiger partial charge in [0.2, 0.25) is 5.89 Å². The highest BCUT2D eigenvalue weighted by atomic mass is 32.1. The number of aryl methyl sites for hydroxylation is 1. The molecule has 0 saturated heterocycles. The normalized spacial score (nSPS) is 10.8. The zero-order valence-electron chi connectivity index (χ0n) is 10.6. The van der Waals surface area contributed by atoms with Gasteiger partial charge < -0.3 is 15.6 Å². The zero-order chi connectivity index (χ0) is 14.1. The minimum Gasteiger partial charge on any atom is -0.396 e. The first kappa shape index (κ1) is 12.5. The summed E-state index contributed by atoms with van der Waals surface area (Å²) >= 11 is 1.31. The monoisotopic (exact) mass is 289 g/mol. The van der Waals surface area contributed by atoms with Crippen LogP contribution in [0, 0.1) is 6.92 Å². The van der Waals surface area contributed by atoms with Crippen LogP contribution in [-0.2, 0) is 6.54 Å². The van der Waals surface area contributed by atoms with Crippen LogP contribution in [0.4, 0.5) is 5.69 Å². The van der Waals surface area contributed by atoms with Gasteiger partial charge in [-0.05, 0) is 19.1 Å². The van der Waals surface area contributed by atoms with Gasteiger partial charge in [-0.15, -0.1) is 11.3 Å². The van der Waals surface area contributed by atoms with Gasteiger partial charge in [-0.1, -0.05) is 5.16 Å². The largest absolute Gasteiger partial charge is 0.396 e. The summed E-state index contributed by atoms with van der Waals surface area (Å²) in [5.74, 6) is 0.606. The van der Waals surface area contributed by atoms with Crippen molar-refractivity contribution in [2.45, 2.75) is 13.5 Å². The molecule has 0 unspecified atom stereocenters. The van der Waals surface area contributed by atoms with E-state index in [9.17, 15) is 4.79 Å². The van der Waals surface area contributed by atoms with Gasteiger partial charge >= 0.3 is 0 Å². The Balaban J connectivity index is 1.80. The molecular weight excluding hydrogens is 278 g/mol. The number of rotatable bonds is 3. The molecule has 1 amide bonds. The Hall–Kier alpha value is -2.48. The Morgan fingerprint density at radius 3 is 3.10 bits per heavy atom. The summed E-state index contributed by atoms with van der Waals surface area (Å²) in [6.45, 7) is 1.88. The first-order valence-corrected chi connectivity index (χ1v) is 6.67. The van der Waals surface area contributed by atoms with E-state index in [-0.39, 0.29) is 12.5 Å². The second kappa shape index (κ2) is 4.89. The molecule has 0 radical (unpaired) electrons. The lowest BCUT2D eigenvalue weighted by atomic mass is 10.3. The fourth-order valence-corrected chi connectivity index (χ4v) is 2.76. The number of aromatic nitrogens is 3. The smallest absolute Gasteiger partial charge is 0.264 e. The SMILES string of the molecule is Cc1noc(CNC(=O)c2sc3cccnc3c2N)n1. The lowest BCUT2D eigenvalue weighted by Gasteiger charge is -2.00. The van der Waals surface area contributed by atoms with E-state index in [1.165, 1.54) is 11.3 Å². The molecule has 0 aliphatic rings. The number of thiophene rings is 1. The number of hydrogen-bond donors (Lipinski definition) is 2. The predicted octanol–water partition coefficient (Wildman–Crippen LogP) is 1.50. The molecule has 0 saturated carbocycles. The van der Waals surface area contributed by atoms with Crippen LogP contribution in [0.25, 0.3) is 10.2 Å². The maximum Gasteiger partial charge on any atom is 0.264 e. The minimum absolute atomic E-state index is 0.167. The van der Waals surface area contributed by atoms with Gasteiger partial charge in [0.25, 0.3) is 5.91 Å². The summed E-state index contributed by atoms with van der Waals surface area (Å²) in [7, 11) is 0. The van der Waals surface area contributed by atoms with Gasteiger partial charge in [0.05, 0.1) is 16.9 Å². The second-order valence-corrected chi connectivity index (χ2v) is 5.17. The van der Waals surface area contributed by atoms with E-state index in [0.717, 1.165) is 4.70 Å². The fourth-order valence-electron chi connectivity index (χ4n) is 1.76. The fraction of sp³-hybridized carbons (Fsp3) is 0.167. The average molecular weight is 289 g/mol. The molecule has 3 heterocycles. The number of pyridine rings is 1. The predicted molar refractivity (Wildman–Crippen MR) is 74.2 cm³/mol. The molecule has 8 heteroatoms. The van der Waals surface area contributed by atoms with Crippen molar-refractivity contribution in [2.75, 3.05) is 5.73 Å². The molecule has 0 aromatic carbocycles. The van der Waals surface area contributed by atoms with Gasteiger partial charge in [0.1, 0.15) is 10.4 Å². The minimum atomic E-state index is -0.277. The van der Waals surface area contributed by atoms with Gasteiger partial charge in [-0.25, -0.2) is 0 Å². The summed E-state index contributed by atoms with van der Waals surface area (Å²) in [4.78, 5) is 20.7. The van der Waals surface area contributed by atoms with Gasteiger partial charge in [0.15, 0.2) is 5.82 Å². The molecule has 102 valence electrons. The number of amides is 1.